The summed E-state index contributed by atoms with van der Waals surface area (Å²) in [6.45, 7) is 4.89. The Labute approximate surface area is 216 Å². The highest BCUT2D eigenvalue weighted by Gasteiger charge is 2.42. The van der Waals surface area contributed by atoms with Gasteiger partial charge < -0.3 is 18.9 Å². The summed E-state index contributed by atoms with van der Waals surface area (Å²) < 4.78 is 22.8. The summed E-state index contributed by atoms with van der Waals surface area (Å²) in [5.74, 6) is 1.80. The first-order valence-electron chi connectivity index (χ1n) is 12.3. The molecule has 1 aliphatic heterocycles. The van der Waals surface area contributed by atoms with Gasteiger partial charge in [0.1, 0.15) is 12.4 Å². The van der Waals surface area contributed by atoms with Crippen molar-refractivity contribution in [2.24, 2.45) is 0 Å². The maximum absolute atomic E-state index is 12.5. The smallest absolute Gasteiger partial charge is 0.337 e. The van der Waals surface area contributed by atoms with E-state index in [1.54, 1.807) is 14.2 Å². The normalized spacial score (nSPS) is 14.7. The molecule has 0 amide bonds. The minimum Gasteiger partial charge on any atom is -0.493 e. The molecule has 1 aliphatic carbocycles. The third-order valence-electron chi connectivity index (χ3n) is 7.64. The van der Waals surface area contributed by atoms with Crippen LogP contribution in [0.4, 0.5) is 0 Å². The van der Waals surface area contributed by atoms with Crippen LogP contribution < -0.4 is 14.2 Å². The molecule has 2 aliphatic rings. The number of esters is 1. The molecule has 0 unspecified atom stereocenters. The Kier molecular flexibility index (Phi) is 5.27. The van der Waals surface area contributed by atoms with Gasteiger partial charge in [-0.3, -0.25) is 0 Å². The Bertz CT molecular complexity index is 1610. The van der Waals surface area contributed by atoms with E-state index in [-0.39, 0.29) is 5.97 Å². The van der Waals surface area contributed by atoms with Crippen LogP contribution in [0.1, 0.15) is 46.5 Å². The lowest BCUT2D eigenvalue weighted by atomic mass is 9.76. The molecule has 0 saturated carbocycles. The summed E-state index contributed by atoms with van der Waals surface area (Å²) in [5, 5.41) is 1.99. The number of hydrogen-bond donors (Lipinski definition) is 0. The number of carbonyl (C=O) groups is 1. The number of rotatable bonds is 4. The molecule has 4 aromatic carbocycles. The molecule has 0 radical (unpaired) electrons. The maximum atomic E-state index is 12.5. The van der Waals surface area contributed by atoms with Crippen LogP contribution in [0.15, 0.2) is 66.7 Å². The molecule has 0 atom stereocenters. The molecule has 0 fully saturated rings. The van der Waals surface area contributed by atoms with E-state index in [0.717, 1.165) is 49.9 Å². The molecule has 6 rings (SSSR count). The van der Waals surface area contributed by atoms with Gasteiger partial charge in [0.15, 0.2) is 11.5 Å². The molecule has 5 heteroatoms. The lowest BCUT2D eigenvalue weighted by Gasteiger charge is -2.30. The Hall–Kier alpha value is -4.25. The summed E-state index contributed by atoms with van der Waals surface area (Å²) in [7, 11) is 4.70. The molecule has 0 N–H and O–H groups in total. The SMILES string of the molecule is COC(=O)c1ccc2c(c1)C(C)(C)c1c3c(c4cc(OC)c(OC)cc4c1-2)OCC=C3c1ccccc1. The predicted octanol–water partition coefficient (Wildman–Crippen LogP) is 6.77. The summed E-state index contributed by atoms with van der Waals surface area (Å²) in [6, 6.07) is 20.3. The Balaban J connectivity index is 1.77. The Morgan fingerprint density at radius 2 is 1.57 bits per heavy atom. The summed E-state index contributed by atoms with van der Waals surface area (Å²) in [6.07, 6.45) is 2.16. The second-order valence-corrected chi connectivity index (χ2v) is 9.88. The van der Waals surface area contributed by atoms with Crippen molar-refractivity contribution in [3.8, 4) is 28.4 Å². The topological polar surface area (TPSA) is 54.0 Å². The number of carbonyl (C=O) groups excluding carboxylic acids is 1. The van der Waals surface area contributed by atoms with Gasteiger partial charge in [-0.15, -0.1) is 0 Å². The number of ether oxygens (including phenoxy) is 4. The molecule has 5 nitrogen and oxygen atoms in total. The van der Waals surface area contributed by atoms with Crippen LogP contribution in [0, 0.1) is 0 Å². The van der Waals surface area contributed by atoms with Crippen LogP contribution in [-0.2, 0) is 10.2 Å². The van der Waals surface area contributed by atoms with Crippen molar-refractivity contribution in [1.29, 1.82) is 0 Å². The van der Waals surface area contributed by atoms with Crippen LogP contribution in [0.3, 0.4) is 0 Å². The largest absolute Gasteiger partial charge is 0.493 e. The van der Waals surface area contributed by atoms with Gasteiger partial charge >= 0.3 is 5.97 Å². The van der Waals surface area contributed by atoms with Gasteiger partial charge in [-0.1, -0.05) is 50.2 Å². The molecule has 0 saturated heterocycles. The van der Waals surface area contributed by atoms with Crippen molar-refractivity contribution >= 4 is 22.3 Å². The average molecular weight is 493 g/mol. The zero-order chi connectivity index (χ0) is 25.9. The molecule has 186 valence electrons. The van der Waals surface area contributed by atoms with Crippen LogP contribution in [-0.4, -0.2) is 33.9 Å². The first kappa shape index (κ1) is 23.2. The highest BCUT2D eigenvalue weighted by atomic mass is 16.5. The van der Waals surface area contributed by atoms with E-state index in [4.69, 9.17) is 18.9 Å². The van der Waals surface area contributed by atoms with Crippen LogP contribution in [0.5, 0.6) is 17.2 Å². The van der Waals surface area contributed by atoms with E-state index in [1.807, 2.05) is 36.4 Å². The number of fused-ring (bicyclic) bond motifs is 8. The minimum absolute atomic E-state index is 0.346. The van der Waals surface area contributed by atoms with Gasteiger partial charge in [0.2, 0.25) is 0 Å². The number of benzene rings is 4. The van der Waals surface area contributed by atoms with Gasteiger partial charge in [-0.2, -0.15) is 0 Å². The average Bonchev–Trinajstić information content (AvgIpc) is 3.18. The van der Waals surface area contributed by atoms with Crippen molar-refractivity contribution in [3.63, 3.8) is 0 Å². The van der Waals surface area contributed by atoms with Gasteiger partial charge in [0, 0.05) is 16.4 Å². The van der Waals surface area contributed by atoms with Crippen LogP contribution in [0.2, 0.25) is 0 Å². The minimum atomic E-state index is -0.408. The molecule has 1 heterocycles. The standard InChI is InChI=1S/C32H28O5/c1-32(2)24-15-19(31(33)36-5)11-12-21(24)27-22-16-25(34-3)26(35-4)17-23(22)30-28(29(27)32)20(13-14-37-30)18-9-7-6-8-10-18/h6-13,15-17H,14H2,1-5H3. The lowest BCUT2D eigenvalue weighted by molar-refractivity contribution is 0.0600. The zero-order valence-electron chi connectivity index (χ0n) is 21.6. The predicted molar refractivity (Wildman–Crippen MR) is 145 cm³/mol. The van der Waals surface area contributed by atoms with Crippen LogP contribution in [0.25, 0.3) is 27.5 Å². The summed E-state index contributed by atoms with van der Waals surface area (Å²) in [4.78, 5) is 12.5. The fourth-order valence-corrected chi connectivity index (χ4v) is 5.94. The molecule has 0 spiro atoms. The Morgan fingerprint density at radius 1 is 0.865 bits per heavy atom. The fourth-order valence-electron chi connectivity index (χ4n) is 5.94. The monoisotopic (exact) mass is 492 g/mol. The second-order valence-electron chi connectivity index (χ2n) is 9.88. The van der Waals surface area contributed by atoms with Crippen molar-refractivity contribution < 1.29 is 23.7 Å². The van der Waals surface area contributed by atoms with Gasteiger partial charge in [0.25, 0.3) is 0 Å². The number of hydrogen-bond acceptors (Lipinski definition) is 5. The van der Waals surface area contributed by atoms with E-state index in [9.17, 15) is 4.79 Å². The highest BCUT2D eigenvalue weighted by Crippen LogP contribution is 2.59. The molecular formula is C32H28O5. The highest BCUT2D eigenvalue weighted by molar-refractivity contribution is 6.11. The lowest BCUT2D eigenvalue weighted by Crippen LogP contribution is -2.20. The van der Waals surface area contributed by atoms with Crippen molar-refractivity contribution in [3.05, 3.63) is 94.6 Å². The quantitative estimate of drug-likeness (QED) is 0.294. The van der Waals surface area contributed by atoms with E-state index < -0.39 is 5.41 Å². The first-order valence-corrected chi connectivity index (χ1v) is 12.3. The van der Waals surface area contributed by atoms with Crippen molar-refractivity contribution in [2.45, 2.75) is 19.3 Å². The molecule has 4 aromatic rings. The molecule has 37 heavy (non-hydrogen) atoms. The second kappa shape index (κ2) is 8.41. The number of methoxy groups -OCH3 is 3. The summed E-state index contributed by atoms with van der Waals surface area (Å²) >= 11 is 0. The fraction of sp³-hybridized carbons (Fsp3) is 0.219. The van der Waals surface area contributed by atoms with Crippen LogP contribution >= 0.6 is 0 Å². The first-order chi connectivity index (χ1) is 17.9. The van der Waals surface area contributed by atoms with Crippen molar-refractivity contribution in [1.82, 2.24) is 0 Å². The molecule has 0 aromatic heterocycles. The van der Waals surface area contributed by atoms with E-state index in [0.29, 0.717) is 23.7 Å². The zero-order valence-corrected chi connectivity index (χ0v) is 21.6. The third kappa shape index (κ3) is 3.27. The van der Waals surface area contributed by atoms with E-state index >= 15 is 0 Å². The molecular weight excluding hydrogens is 464 g/mol. The molecule has 0 bridgehead atoms. The summed E-state index contributed by atoms with van der Waals surface area (Å²) in [5.41, 5.74) is 7.95. The maximum Gasteiger partial charge on any atom is 0.337 e. The third-order valence-corrected chi connectivity index (χ3v) is 7.64. The van der Waals surface area contributed by atoms with E-state index in [1.165, 1.54) is 12.7 Å². The van der Waals surface area contributed by atoms with Gasteiger partial charge in [-0.25, -0.2) is 4.79 Å². The Morgan fingerprint density at radius 3 is 2.24 bits per heavy atom. The van der Waals surface area contributed by atoms with Gasteiger partial charge in [-0.05, 0) is 69.1 Å². The van der Waals surface area contributed by atoms with Crippen molar-refractivity contribution in [2.75, 3.05) is 27.9 Å². The van der Waals surface area contributed by atoms with Gasteiger partial charge in [0.05, 0.1) is 26.9 Å². The van der Waals surface area contributed by atoms with E-state index in [2.05, 4.69) is 44.2 Å².